The fourth-order valence-electron chi connectivity index (χ4n) is 4.89. The van der Waals surface area contributed by atoms with Crippen LogP contribution in [0.15, 0.2) is 48.6 Å². The summed E-state index contributed by atoms with van der Waals surface area (Å²) in [4.78, 5) is 35.2. The molecule has 0 aliphatic carbocycles. The summed E-state index contributed by atoms with van der Waals surface area (Å²) in [6, 6.07) is 0. The molecule has 0 aromatic rings. The Morgan fingerprint density at radius 1 is 0.608 bits per heavy atom. The highest BCUT2D eigenvalue weighted by molar-refractivity contribution is 7.47. The van der Waals surface area contributed by atoms with E-state index in [1.54, 1.807) is 0 Å². The molecule has 0 saturated heterocycles. The third kappa shape index (κ3) is 37.5. The van der Waals surface area contributed by atoms with Gasteiger partial charge in [0, 0.05) is 12.8 Å². The van der Waals surface area contributed by atoms with Gasteiger partial charge in [-0.25, -0.2) is 4.57 Å². The van der Waals surface area contributed by atoms with Crippen molar-refractivity contribution >= 4 is 19.8 Å². The van der Waals surface area contributed by atoms with Crippen LogP contribution in [0, 0.1) is 0 Å². The third-order valence-corrected chi connectivity index (χ3v) is 9.05. The smallest absolute Gasteiger partial charge is 0.462 e. The predicted octanol–water partition coefficient (Wildman–Crippen LogP) is 10.7. The van der Waals surface area contributed by atoms with Gasteiger partial charge < -0.3 is 18.9 Å². The highest BCUT2D eigenvalue weighted by Crippen LogP contribution is 2.43. The number of carbonyl (C=O) groups is 2. The third-order valence-electron chi connectivity index (χ3n) is 8.06. The number of hydrogen-bond donors (Lipinski definition) is 1. The van der Waals surface area contributed by atoms with Crippen LogP contribution in [0.2, 0.25) is 0 Å². The molecule has 0 aliphatic heterocycles. The minimum absolute atomic E-state index is 0.0247. The first kappa shape index (κ1) is 49.0. The first-order valence-electron chi connectivity index (χ1n) is 19.9. The molecule has 9 nitrogen and oxygen atoms in total. The monoisotopic (exact) mass is 741 g/mol. The maximum Gasteiger partial charge on any atom is 0.472 e. The molecule has 0 aliphatic rings. The Labute approximate surface area is 312 Å². The van der Waals surface area contributed by atoms with Crippen LogP contribution in [0.3, 0.4) is 0 Å². The number of hydrogen-bond acceptors (Lipinski definition) is 7. The lowest BCUT2D eigenvalue weighted by molar-refractivity contribution is -0.870. The molecule has 10 heteroatoms. The number of rotatable bonds is 35. The number of phosphoric ester groups is 1. The van der Waals surface area contributed by atoms with E-state index in [1.807, 2.05) is 21.1 Å². The van der Waals surface area contributed by atoms with E-state index in [0.717, 1.165) is 96.3 Å². The standard InChI is InChI=1S/C41H74NO8P/c1-6-8-10-12-14-16-18-20-22-24-26-28-30-32-34-41(44)50-39(38-49-51(45,46)48-36-35-42(3,4)5)37-47-40(43)33-31-29-27-25-23-21-19-17-15-13-11-9-7-2/h11-14,17-20,39H,6-10,15-16,21-38H2,1-5H3/p+1/b13-11-,14-12-,19-17-,20-18-. The van der Waals surface area contributed by atoms with E-state index in [9.17, 15) is 19.0 Å². The summed E-state index contributed by atoms with van der Waals surface area (Å²) in [6.45, 7) is 4.26. The molecule has 0 radical (unpaired) electrons. The average molecular weight is 741 g/mol. The Kier molecular flexibility index (Phi) is 32.4. The van der Waals surface area contributed by atoms with E-state index < -0.39 is 26.5 Å². The normalized spacial score (nSPS) is 14.2. The van der Waals surface area contributed by atoms with Crippen molar-refractivity contribution in [2.24, 2.45) is 0 Å². The molecule has 0 spiro atoms. The molecule has 0 heterocycles. The van der Waals surface area contributed by atoms with Crippen molar-refractivity contribution in [1.82, 2.24) is 0 Å². The molecule has 2 unspecified atom stereocenters. The molecule has 0 aromatic carbocycles. The zero-order valence-electron chi connectivity index (χ0n) is 33.1. The topological polar surface area (TPSA) is 108 Å². The SMILES string of the molecule is CCC/C=C\C/C=C\CCCCCCCC(=O)OCC(COP(=O)(O)OCC[N+](C)(C)C)OC(=O)CCCCCCC/C=C\C/C=C\CCCC. The Bertz CT molecular complexity index is 1020. The zero-order chi connectivity index (χ0) is 37.9. The molecule has 0 aromatic heterocycles. The van der Waals surface area contributed by atoms with E-state index in [1.165, 1.54) is 19.3 Å². The van der Waals surface area contributed by atoms with Crippen LogP contribution in [-0.2, 0) is 32.7 Å². The van der Waals surface area contributed by atoms with E-state index in [2.05, 4.69) is 62.5 Å². The highest BCUT2D eigenvalue weighted by atomic mass is 31.2. The first-order chi connectivity index (χ1) is 24.5. The summed E-state index contributed by atoms with van der Waals surface area (Å²) in [5.74, 6) is -0.837. The van der Waals surface area contributed by atoms with Crippen LogP contribution in [0.25, 0.3) is 0 Å². The molecule has 296 valence electrons. The van der Waals surface area contributed by atoms with Gasteiger partial charge in [-0.3, -0.25) is 18.6 Å². The molecule has 51 heavy (non-hydrogen) atoms. The van der Waals surface area contributed by atoms with Crippen molar-refractivity contribution < 1.29 is 42.1 Å². The fourth-order valence-corrected chi connectivity index (χ4v) is 5.63. The van der Waals surface area contributed by atoms with Crippen LogP contribution in [0.1, 0.15) is 149 Å². The molecule has 0 amide bonds. The van der Waals surface area contributed by atoms with Gasteiger partial charge in [-0.2, -0.15) is 0 Å². The maximum absolute atomic E-state index is 12.6. The van der Waals surface area contributed by atoms with Crippen LogP contribution in [0.5, 0.6) is 0 Å². The van der Waals surface area contributed by atoms with Gasteiger partial charge in [0.05, 0.1) is 27.7 Å². The number of quaternary nitrogens is 1. The van der Waals surface area contributed by atoms with E-state index in [0.29, 0.717) is 17.4 Å². The Hall–Kier alpha value is -2.03. The molecule has 2 atom stereocenters. The Balaban J connectivity index is 4.48. The van der Waals surface area contributed by atoms with Crippen molar-refractivity contribution in [3.8, 4) is 0 Å². The Morgan fingerprint density at radius 2 is 1.10 bits per heavy atom. The summed E-state index contributed by atoms with van der Waals surface area (Å²) in [7, 11) is 1.45. The number of nitrogens with zero attached hydrogens (tertiary/aromatic N) is 1. The van der Waals surface area contributed by atoms with Gasteiger partial charge in [0.25, 0.3) is 0 Å². The average Bonchev–Trinajstić information content (AvgIpc) is 3.07. The molecular formula is C41H75NO8P+. The summed E-state index contributed by atoms with van der Waals surface area (Å²) in [5.41, 5.74) is 0. The molecular weight excluding hydrogens is 665 g/mol. The van der Waals surface area contributed by atoms with Crippen molar-refractivity contribution in [3.05, 3.63) is 48.6 Å². The van der Waals surface area contributed by atoms with Crippen LogP contribution in [0.4, 0.5) is 0 Å². The lowest BCUT2D eigenvalue weighted by Gasteiger charge is -2.24. The zero-order valence-corrected chi connectivity index (χ0v) is 34.0. The van der Waals surface area contributed by atoms with Gasteiger partial charge in [-0.05, 0) is 64.2 Å². The van der Waals surface area contributed by atoms with Crippen LogP contribution >= 0.6 is 7.82 Å². The van der Waals surface area contributed by atoms with Gasteiger partial charge >= 0.3 is 19.8 Å². The lowest BCUT2D eigenvalue weighted by Crippen LogP contribution is -2.37. The Morgan fingerprint density at radius 3 is 1.63 bits per heavy atom. The van der Waals surface area contributed by atoms with Crippen LogP contribution in [-0.4, -0.2) is 74.9 Å². The highest BCUT2D eigenvalue weighted by Gasteiger charge is 2.27. The lowest BCUT2D eigenvalue weighted by atomic mass is 10.1. The fraction of sp³-hybridized carbons (Fsp3) is 0.756. The van der Waals surface area contributed by atoms with Crippen molar-refractivity contribution in [1.29, 1.82) is 0 Å². The van der Waals surface area contributed by atoms with Crippen molar-refractivity contribution in [2.45, 2.75) is 155 Å². The van der Waals surface area contributed by atoms with Crippen molar-refractivity contribution in [2.75, 3.05) is 47.5 Å². The number of esters is 2. The maximum atomic E-state index is 12.6. The van der Waals surface area contributed by atoms with E-state index in [-0.39, 0.29) is 32.0 Å². The van der Waals surface area contributed by atoms with Gasteiger partial charge in [-0.15, -0.1) is 0 Å². The van der Waals surface area contributed by atoms with Gasteiger partial charge in [0.2, 0.25) is 0 Å². The van der Waals surface area contributed by atoms with Crippen LogP contribution < -0.4 is 0 Å². The largest absolute Gasteiger partial charge is 0.472 e. The second-order valence-electron chi connectivity index (χ2n) is 14.3. The second kappa shape index (κ2) is 33.8. The van der Waals surface area contributed by atoms with Gasteiger partial charge in [0.15, 0.2) is 6.10 Å². The number of allylic oxidation sites excluding steroid dienone is 8. The molecule has 0 rings (SSSR count). The second-order valence-corrected chi connectivity index (χ2v) is 15.8. The molecule has 0 bridgehead atoms. The quantitative estimate of drug-likeness (QED) is 0.0225. The summed E-state index contributed by atoms with van der Waals surface area (Å²) in [6.07, 6.45) is 37.2. The molecule has 0 fully saturated rings. The number of likely N-dealkylation sites (N-methyl/N-ethyl adjacent to an activating group) is 1. The number of unbranched alkanes of at least 4 members (excludes halogenated alkanes) is 13. The van der Waals surface area contributed by atoms with E-state index in [4.69, 9.17) is 18.5 Å². The minimum atomic E-state index is -4.38. The van der Waals surface area contributed by atoms with Gasteiger partial charge in [0.1, 0.15) is 19.8 Å². The van der Waals surface area contributed by atoms with E-state index >= 15 is 0 Å². The molecule has 0 saturated carbocycles. The number of carbonyl (C=O) groups excluding carboxylic acids is 2. The summed E-state index contributed by atoms with van der Waals surface area (Å²) < 4.78 is 34.2. The van der Waals surface area contributed by atoms with Gasteiger partial charge in [-0.1, -0.05) is 120 Å². The first-order valence-corrected chi connectivity index (χ1v) is 21.4. The number of phosphoric acid groups is 1. The summed E-state index contributed by atoms with van der Waals surface area (Å²) in [5, 5.41) is 0. The molecule has 1 N–H and O–H groups in total. The predicted molar refractivity (Wildman–Crippen MR) is 210 cm³/mol. The summed E-state index contributed by atoms with van der Waals surface area (Å²) >= 11 is 0. The minimum Gasteiger partial charge on any atom is -0.462 e. The number of ether oxygens (including phenoxy) is 2. The van der Waals surface area contributed by atoms with Crippen molar-refractivity contribution in [3.63, 3.8) is 0 Å².